The molecule has 0 saturated heterocycles. The van der Waals surface area contributed by atoms with Crippen molar-refractivity contribution >= 4 is 11.6 Å². The third kappa shape index (κ3) is 4.08. The lowest BCUT2D eigenvalue weighted by Crippen LogP contribution is -2.30. The predicted molar refractivity (Wildman–Crippen MR) is 81.1 cm³/mol. The van der Waals surface area contributed by atoms with Crippen LogP contribution >= 0.6 is 0 Å². The van der Waals surface area contributed by atoms with E-state index in [9.17, 15) is 4.79 Å². The highest BCUT2D eigenvalue weighted by Crippen LogP contribution is 2.15. The Kier molecular flexibility index (Phi) is 4.57. The van der Waals surface area contributed by atoms with Gasteiger partial charge in [-0.15, -0.1) is 0 Å². The van der Waals surface area contributed by atoms with Crippen molar-refractivity contribution in [2.24, 2.45) is 0 Å². The Hall–Kier alpha value is -2.80. The first kappa shape index (κ1) is 14.6. The molecule has 2 aromatic carbocycles. The molecule has 0 aromatic heterocycles. The largest absolute Gasteiger partial charge is 0.481 e. The van der Waals surface area contributed by atoms with Crippen molar-refractivity contribution in [3.8, 4) is 11.8 Å². The first-order valence-corrected chi connectivity index (χ1v) is 6.63. The van der Waals surface area contributed by atoms with Gasteiger partial charge in [-0.3, -0.25) is 4.79 Å². The third-order valence-electron chi connectivity index (χ3n) is 2.95. The number of hydrogen-bond acceptors (Lipinski definition) is 3. The van der Waals surface area contributed by atoms with E-state index in [1.54, 1.807) is 31.2 Å². The van der Waals surface area contributed by atoms with Crippen LogP contribution in [0.3, 0.4) is 0 Å². The van der Waals surface area contributed by atoms with Crippen LogP contribution in [0, 0.1) is 18.3 Å². The minimum atomic E-state index is -0.609. The summed E-state index contributed by atoms with van der Waals surface area (Å²) in [5.74, 6) is 0.429. The molecule has 21 heavy (non-hydrogen) atoms. The van der Waals surface area contributed by atoms with Crippen molar-refractivity contribution in [3.05, 3.63) is 59.7 Å². The van der Waals surface area contributed by atoms with Crippen molar-refractivity contribution in [3.63, 3.8) is 0 Å². The van der Waals surface area contributed by atoms with E-state index in [1.807, 2.05) is 37.3 Å². The standard InChI is InChI=1S/C17H16N2O2/c1-12-4-3-5-16(10-12)21-13(2)17(20)19-15-8-6-14(11-18)7-9-15/h3-10,13H,1-2H3,(H,19,20). The zero-order chi connectivity index (χ0) is 15.2. The van der Waals surface area contributed by atoms with Crippen molar-refractivity contribution in [1.29, 1.82) is 5.26 Å². The minimum absolute atomic E-state index is 0.235. The molecule has 2 aromatic rings. The highest BCUT2D eigenvalue weighted by Gasteiger charge is 2.14. The zero-order valence-corrected chi connectivity index (χ0v) is 12.0. The molecule has 0 heterocycles. The number of nitriles is 1. The van der Waals surface area contributed by atoms with Crippen molar-refractivity contribution in [2.45, 2.75) is 20.0 Å². The van der Waals surface area contributed by atoms with Crippen LogP contribution in [0.1, 0.15) is 18.1 Å². The SMILES string of the molecule is Cc1cccc(OC(C)C(=O)Nc2ccc(C#N)cc2)c1. The summed E-state index contributed by atoms with van der Waals surface area (Å²) in [5.41, 5.74) is 2.27. The number of benzene rings is 2. The van der Waals surface area contributed by atoms with Crippen molar-refractivity contribution in [2.75, 3.05) is 5.32 Å². The maximum absolute atomic E-state index is 12.1. The molecule has 1 atom stereocenters. The molecular weight excluding hydrogens is 264 g/mol. The number of nitrogens with one attached hydrogen (secondary N) is 1. The fourth-order valence-corrected chi connectivity index (χ4v) is 1.82. The molecule has 0 radical (unpaired) electrons. The molecule has 2 rings (SSSR count). The van der Waals surface area contributed by atoms with Crippen LogP contribution in [0.15, 0.2) is 48.5 Å². The third-order valence-corrected chi connectivity index (χ3v) is 2.95. The van der Waals surface area contributed by atoms with Gasteiger partial charge in [0.15, 0.2) is 6.10 Å². The maximum atomic E-state index is 12.1. The second kappa shape index (κ2) is 6.58. The van der Waals surface area contributed by atoms with Crippen LogP contribution in [0.4, 0.5) is 5.69 Å². The molecule has 0 fully saturated rings. The molecule has 0 bridgehead atoms. The first-order valence-electron chi connectivity index (χ1n) is 6.63. The van der Waals surface area contributed by atoms with Gasteiger partial charge in [0, 0.05) is 5.69 Å². The van der Waals surface area contributed by atoms with Crippen LogP contribution in [0.25, 0.3) is 0 Å². The molecule has 0 aliphatic carbocycles. The number of carbonyl (C=O) groups is 1. The van der Waals surface area contributed by atoms with E-state index in [2.05, 4.69) is 5.32 Å². The van der Waals surface area contributed by atoms with E-state index < -0.39 is 6.10 Å². The molecular formula is C17H16N2O2. The van der Waals surface area contributed by atoms with E-state index in [0.717, 1.165) is 5.56 Å². The zero-order valence-electron chi connectivity index (χ0n) is 12.0. The van der Waals surface area contributed by atoms with Gasteiger partial charge >= 0.3 is 0 Å². The average Bonchev–Trinajstić information content (AvgIpc) is 2.48. The van der Waals surface area contributed by atoms with Crippen LogP contribution in [-0.4, -0.2) is 12.0 Å². The monoisotopic (exact) mass is 280 g/mol. The number of ether oxygens (including phenoxy) is 1. The molecule has 1 N–H and O–H groups in total. The highest BCUT2D eigenvalue weighted by atomic mass is 16.5. The Morgan fingerprint density at radius 3 is 2.57 bits per heavy atom. The van der Waals surface area contributed by atoms with E-state index in [4.69, 9.17) is 10.00 Å². The van der Waals surface area contributed by atoms with Gasteiger partial charge in [0.25, 0.3) is 5.91 Å². The van der Waals surface area contributed by atoms with Crippen molar-refractivity contribution in [1.82, 2.24) is 0 Å². The summed E-state index contributed by atoms with van der Waals surface area (Å²) in [6.07, 6.45) is -0.609. The van der Waals surface area contributed by atoms with Gasteiger partial charge in [0.1, 0.15) is 5.75 Å². The van der Waals surface area contributed by atoms with Crippen LogP contribution in [0.2, 0.25) is 0 Å². The number of anilines is 1. The van der Waals surface area contributed by atoms with Gasteiger partial charge < -0.3 is 10.1 Å². The average molecular weight is 280 g/mol. The Labute approximate surface area is 124 Å². The second-order valence-electron chi connectivity index (χ2n) is 4.75. The van der Waals surface area contributed by atoms with Gasteiger partial charge in [0.2, 0.25) is 0 Å². The first-order chi connectivity index (χ1) is 10.1. The lowest BCUT2D eigenvalue weighted by molar-refractivity contribution is -0.122. The number of carbonyl (C=O) groups excluding carboxylic acids is 1. The Morgan fingerprint density at radius 2 is 1.95 bits per heavy atom. The number of amides is 1. The summed E-state index contributed by atoms with van der Waals surface area (Å²) >= 11 is 0. The molecule has 4 nitrogen and oxygen atoms in total. The van der Waals surface area contributed by atoms with Gasteiger partial charge in [0.05, 0.1) is 11.6 Å². The molecule has 0 spiro atoms. The Morgan fingerprint density at radius 1 is 1.24 bits per heavy atom. The van der Waals surface area contributed by atoms with Crippen molar-refractivity contribution < 1.29 is 9.53 Å². The number of rotatable bonds is 4. The maximum Gasteiger partial charge on any atom is 0.265 e. The summed E-state index contributed by atoms with van der Waals surface area (Å²) in [6, 6.07) is 16.3. The summed E-state index contributed by atoms with van der Waals surface area (Å²) in [4.78, 5) is 12.1. The molecule has 4 heteroatoms. The predicted octanol–water partition coefficient (Wildman–Crippen LogP) is 3.27. The van der Waals surface area contributed by atoms with E-state index in [0.29, 0.717) is 17.0 Å². The summed E-state index contributed by atoms with van der Waals surface area (Å²) in [5, 5.41) is 11.5. The van der Waals surface area contributed by atoms with E-state index >= 15 is 0 Å². The molecule has 1 amide bonds. The number of nitrogens with zero attached hydrogens (tertiary/aromatic N) is 1. The molecule has 106 valence electrons. The van der Waals surface area contributed by atoms with Gasteiger partial charge in [-0.2, -0.15) is 5.26 Å². The Balaban J connectivity index is 1.97. The molecule has 0 saturated carbocycles. The van der Waals surface area contributed by atoms with Crippen LogP contribution in [0.5, 0.6) is 5.75 Å². The topological polar surface area (TPSA) is 62.1 Å². The quantitative estimate of drug-likeness (QED) is 0.935. The Bertz CT molecular complexity index is 672. The van der Waals surface area contributed by atoms with E-state index in [-0.39, 0.29) is 5.91 Å². The number of hydrogen-bond donors (Lipinski definition) is 1. The van der Waals surface area contributed by atoms with Gasteiger partial charge in [-0.05, 0) is 55.8 Å². The van der Waals surface area contributed by atoms with Gasteiger partial charge in [-0.25, -0.2) is 0 Å². The normalized spacial score (nSPS) is 11.3. The minimum Gasteiger partial charge on any atom is -0.481 e. The van der Waals surface area contributed by atoms with Gasteiger partial charge in [-0.1, -0.05) is 12.1 Å². The number of aryl methyl sites for hydroxylation is 1. The summed E-state index contributed by atoms with van der Waals surface area (Å²) in [7, 11) is 0. The lowest BCUT2D eigenvalue weighted by atomic mass is 10.2. The smallest absolute Gasteiger partial charge is 0.265 e. The molecule has 0 aliphatic rings. The lowest BCUT2D eigenvalue weighted by Gasteiger charge is -2.15. The molecule has 0 aliphatic heterocycles. The fourth-order valence-electron chi connectivity index (χ4n) is 1.82. The summed E-state index contributed by atoms with van der Waals surface area (Å²) in [6.45, 7) is 3.66. The van der Waals surface area contributed by atoms with Crippen LogP contribution in [-0.2, 0) is 4.79 Å². The fraction of sp³-hybridized carbons (Fsp3) is 0.176. The van der Waals surface area contributed by atoms with E-state index in [1.165, 1.54) is 0 Å². The van der Waals surface area contributed by atoms with Crippen LogP contribution < -0.4 is 10.1 Å². The second-order valence-corrected chi connectivity index (χ2v) is 4.75. The highest BCUT2D eigenvalue weighted by molar-refractivity contribution is 5.94. The molecule has 1 unspecified atom stereocenters. The summed E-state index contributed by atoms with van der Waals surface area (Å²) < 4.78 is 5.61.